The zero-order chi connectivity index (χ0) is 21.3. The van der Waals surface area contributed by atoms with Gasteiger partial charge in [0.05, 0.1) is 26.3 Å². The van der Waals surface area contributed by atoms with Crippen LogP contribution < -0.4 is 20.0 Å². The van der Waals surface area contributed by atoms with Gasteiger partial charge in [-0.15, -0.1) is 0 Å². The molecule has 2 atom stereocenters. The summed E-state index contributed by atoms with van der Waals surface area (Å²) in [7, 11) is 3.33. The van der Waals surface area contributed by atoms with Crippen LogP contribution in [0.25, 0.3) is 11.0 Å². The molecule has 2 heterocycles. The van der Waals surface area contributed by atoms with E-state index in [9.17, 15) is 9.90 Å². The van der Waals surface area contributed by atoms with Gasteiger partial charge >= 0.3 is 5.63 Å². The van der Waals surface area contributed by atoms with Crippen LogP contribution in [0.4, 0.5) is 0 Å². The Hall–Kier alpha value is -2.99. The fourth-order valence-corrected chi connectivity index (χ4v) is 4.59. The number of fused-ring (bicyclic) bond motifs is 1. The molecule has 0 radical (unpaired) electrons. The minimum absolute atomic E-state index is 0.166. The minimum Gasteiger partial charge on any atom is -0.508 e. The number of phenolic OH excluding ortho intramolecular Hbond substituents is 1. The van der Waals surface area contributed by atoms with Crippen molar-refractivity contribution in [3.8, 4) is 17.2 Å². The number of hydrogen-bond donors (Lipinski definition) is 2. The van der Waals surface area contributed by atoms with Crippen molar-refractivity contribution in [3.05, 3.63) is 63.5 Å². The number of quaternary nitrogens is 1. The van der Waals surface area contributed by atoms with E-state index in [2.05, 4.69) is 6.07 Å². The molecule has 1 aliphatic rings. The van der Waals surface area contributed by atoms with E-state index in [0.29, 0.717) is 18.5 Å². The summed E-state index contributed by atoms with van der Waals surface area (Å²) < 4.78 is 16.3. The molecule has 0 spiro atoms. The number of aromatic hydroxyl groups is 1. The number of likely N-dealkylation sites (tertiary alicyclic amines) is 1. The average Bonchev–Trinajstić information content (AvgIpc) is 3.20. The summed E-state index contributed by atoms with van der Waals surface area (Å²) in [6.07, 6.45) is 2.87. The monoisotopic (exact) mass is 410 g/mol. The van der Waals surface area contributed by atoms with Gasteiger partial charge in [-0.1, -0.05) is 6.92 Å². The Morgan fingerprint density at radius 3 is 2.70 bits per heavy atom. The van der Waals surface area contributed by atoms with Gasteiger partial charge < -0.3 is 23.9 Å². The standard InChI is InChI=1S/C24H27NO5/c1-4-15-10-19-16(11-24(27)30-23(19)13-21(15)26)14-25-9-5-6-20(25)18-8-7-17(28-2)12-22(18)29-3/h7-8,10-13,20,26H,4-6,9,14H2,1-3H3/p+1/t20-/m1/s1. The third kappa shape index (κ3) is 3.75. The highest BCUT2D eigenvalue weighted by Crippen LogP contribution is 2.32. The highest BCUT2D eigenvalue weighted by atomic mass is 16.5. The van der Waals surface area contributed by atoms with Crippen molar-refractivity contribution in [1.82, 2.24) is 0 Å². The van der Waals surface area contributed by atoms with Gasteiger partial charge in [0, 0.05) is 42.0 Å². The van der Waals surface area contributed by atoms with E-state index in [1.54, 1.807) is 26.4 Å². The van der Waals surface area contributed by atoms with Crippen LogP contribution >= 0.6 is 0 Å². The van der Waals surface area contributed by atoms with E-state index < -0.39 is 5.63 Å². The van der Waals surface area contributed by atoms with Gasteiger partial charge in [-0.2, -0.15) is 0 Å². The van der Waals surface area contributed by atoms with Crippen LogP contribution in [0, 0.1) is 0 Å². The molecule has 1 saturated heterocycles. The molecule has 2 aromatic carbocycles. The van der Waals surface area contributed by atoms with Crippen LogP contribution in [0.3, 0.4) is 0 Å². The summed E-state index contributed by atoms with van der Waals surface area (Å²) in [6.45, 7) is 3.72. The first-order valence-electron chi connectivity index (χ1n) is 10.4. The normalized spacial score (nSPS) is 18.6. The molecule has 1 unspecified atom stereocenters. The van der Waals surface area contributed by atoms with E-state index in [0.717, 1.165) is 53.0 Å². The summed E-state index contributed by atoms with van der Waals surface area (Å²) in [5, 5.41) is 11.1. The molecule has 1 aromatic heterocycles. The maximum Gasteiger partial charge on any atom is 0.336 e. The van der Waals surface area contributed by atoms with Crippen LogP contribution in [0.1, 0.15) is 42.5 Å². The van der Waals surface area contributed by atoms with E-state index in [1.807, 2.05) is 25.1 Å². The van der Waals surface area contributed by atoms with E-state index >= 15 is 0 Å². The van der Waals surface area contributed by atoms with Gasteiger partial charge in [-0.3, -0.25) is 0 Å². The number of rotatable bonds is 6. The number of benzene rings is 2. The zero-order valence-electron chi connectivity index (χ0n) is 17.7. The lowest BCUT2D eigenvalue weighted by Gasteiger charge is -2.24. The lowest BCUT2D eigenvalue weighted by atomic mass is 10.0. The third-order valence-corrected chi connectivity index (χ3v) is 6.13. The summed E-state index contributed by atoms with van der Waals surface area (Å²) in [5.74, 6) is 1.77. The van der Waals surface area contributed by atoms with Crippen molar-refractivity contribution >= 4 is 11.0 Å². The molecule has 2 N–H and O–H groups in total. The van der Waals surface area contributed by atoms with E-state index in [-0.39, 0.29) is 11.8 Å². The van der Waals surface area contributed by atoms with Crippen molar-refractivity contribution in [2.45, 2.75) is 38.8 Å². The van der Waals surface area contributed by atoms with E-state index in [4.69, 9.17) is 13.9 Å². The van der Waals surface area contributed by atoms with Crippen LogP contribution in [0.15, 0.2) is 45.6 Å². The molecule has 0 amide bonds. The molecule has 0 aliphatic carbocycles. The second-order valence-electron chi connectivity index (χ2n) is 7.81. The largest absolute Gasteiger partial charge is 0.508 e. The summed E-state index contributed by atoms with van der Waals surface area (Å²) in [5.41, 5.74) is 3.00. The Bertz CT molecular complexity index is 1120. The molecule has 3 aromatic rings. The maximum absolute atomic E-state index is 12.2. The summed E-state index contributed by atoms with van der Waals surface area (Å²) in [6, 6.07) is 11.3. The van der Waals surface area contributed by atoms with Crippen LogP contribution in [-0.4, -0.2) is 25.9 Å². The molecule has 0 saturated carbocycles. The van der Waals surface area contributed by atoms with Crippen molar-refractivity contribution in [2.24, 2.45) is 0 Å². The molecule has 6 heteroatoms. The highest BCUT2D eigenvalue weighted by molar-refractivity contribution is 5.82. The molecular weight excluding hydrogens is 382 g/mol. The Morgan fingerprint density at radius 2 is 1.97 bits per heavy atom. The molecule has 0 bridgehead atoms. The summed E-state index contributed by atoms with van der Waals surface area (Å²) in [4.78, 5) is 13.6. The smallest absolute Gasteiger partial charge is 0.336 e. The average molecular weight is 410 g/mol. The van der Waals surface area contributed by atoms with Crippen molar-refractivity contribution in [3.63, 3.8) is 0 Å². The van der Waals surface area contributed by atoms with Crippen LogP contribution in [-0.2, 0) is 13.0 Å². The topological polar surface area (TPSA) is 73.3 Å². The predicted octanol–water partition coefficient (Wildman–Crippen LogP) is 3.00. The second kappa shape index (κ2) is 8.40. The van der Waals surface area contributed by atoms with Crippen LogP contribution in [0.5, 0.6) is 17.2 Å². The number of aryl methyl sites for hydroxylation is 1. The lowest BCUT2D eigenvalue weighted by molar-refractivity contribution is -0.931. The Labute approximate surface area is 175 Å². The third-order valence-electron chi connectivity index (χ3n) is 6.13. The fourth-order valence-electron chi connectivity index (χ4n) is 4.59. The minimum atomic E-state index is -0.390. The van der Waals surface area contributed by atoms with Crippen LogP contribution in [0.2, 0.25) is 0 Å². The first-order chi connectivity index (χ1) is 14.5. The van der Waals surface area contributed by atoms with Gasteiger partial charge in [-0.25, -0.2) is 4.79 Å². The molecule has 4 rings (SSSR count). The number of methoxy groups -OCH3 is 2. The molecule has 1 aliphatic heterocycles. The maximum atomic E-state index is 12.2. The first kappa shape index (κ1) is 20.3. The Kier molecular flexibility index (Phi) is 5.68. The number of nitrogens with one attached hydrogen (secondary N) is 1. The summed E-state index contributed by atoms with van der Waals surface area (Å²) >= 11 is 0. The van der Waals surface area contributed by atoms with Gasteiger partial charge in [0.2, 0.25) is 0 Å². The van der Waals surface area contributed by atoms with Gasteiger partial charge in [-0.05, 0) is 30.2 Å². The predicted molar refractivity (Wildman–Crippen MR) is 115 cm³/mol. The van der Waals surface area contributed by atoms with Crippen molar-refractivity contribution < 1.29 is 23.9 Å². The molecule has 158 valence electrons. The first-order valence-corrected chi connectivity index (χ1v) is 10.4. The quantitative estimate of drug-likeness (QED) is 0.611. The van der Waals surface area contributed by atoms with Gasteiger partial charge in [0.15, 0.2) is 0 Å². The molecule has 30 heavy (non-hydrogen) atoms. The Morgan fingerprint density at radius 1 is 1.13 bits per heavy atom. The Balaban J connectivity index is 1.72. The fraction of sp³-hybridized carbons (Fsp3) is 0.375. The lowest BCUT2D eigenvalue weighted by Crippen LogP contribution is -3.08. The highest BCUT2D eigenvalue weighted by Gasteiger charge is 2.33. The SMILES string of the molecule is CCc1cc2c(C[NH+]3CCC[C@@H]3c3ccc(OC)cc3OC)cc(=O)oc2cc1O. The number of hydrogen-bond acceptors (Lipinski definition) is 5. The van der Waals surface area contributed by atoms with Crippen molar-refractivity contribution in [2.75, 3.05) is 20.8 Å². The molecular formula is C24H28NO5+. The van der Waals surface area contributed by atoms with Gasteiger partial charge in [0.1, 0.15) is 35.4 Å². The molecule has 6 nitrogen and oxygen atoms in total. The molecule has 1 fully saturated rings. The van der Waals surface area contributed by atoms with Crippen molar-refractivity contribution in [1.29, 1.82) is 0 Å². The van der Waals surface area contributed by atoms with Gasteiger partial charge in [0.25, 0.3) is 0 Å². The van der Waals surface area contributed by atoms with E-state index in [1.165, 1.54) is 4.90 Å². The second-order valence-corrected chi connectivity index (χ2v) is 7.81. The number of phenols is 1. The number of ether oxygens (including phenoxy) is 2. The zero-order valence-corrected chi connectivity index (χ0v) is 17.7.